The molecule has 3 rings (SSSR count). The van der Waals surface area contributed by atoms with Crippen LogP contribution in [0, 0.1) is 11.3 Å². The highest BCUT2D eigenvalue weighted by Gasteiger charge is 2.51. The Morgan fingerprint density at radius 1 is 1.36 bits per heavy atom. The molecular weight excluding hydrogens is 342 g/mol. The number of sulfonamides is 1. The molecule has 0 aliphatic carbocycles. The number of H-pyrrole nitrogens is 1. The summed E-state index contributed by atoms with van der Waals surface area (Å²) in [6.45, 7) is 5.40. The molecule has 2 aliphatic rings. The van der Waals surface area contributed by atoms with Crippen molar-refractivity contribution in [2.45, 2.75) is 13.0 Å². The lowest BCUT2D eigenvalue weighted by atomic mass is 9.82. The average Bonchev–Trinajstić information content (AvgIpc) is 3.22. The standard InChI is InChI=1S/C16H29N5O3S/c1-19(2)25(23,24)7-3-6-20-8-14-9-21(10-15-4-5-17-18-15)12-16(14,11-20)13-22/h4-5,14,22H,3,6-13H2,1-2H3,(H,17,18). The Morgan fingerprint density at radius 2 is 2.08 bits per heavy atom. The molecule has 0 saturated carbocycles. The molecule has 142 valence electrons. The molecule has 2 unspecified atom stereocenters. The molecule has 1 aromatic rings. The third-order valence-electron chi connectivity index (χ3n) is 5.60. The van der Waals surface area contributed by atoms with E-state index in [1.807, 2.05) is 6.07 Å². The van der Waals surface area contributed by atoms with Crippen LogP contribution < -0.4 is 0 Å². The van der Waals surface area contributed by atoms with Crippen LogP contribution in [0.25, 0.3) is 0 Å². The molecule has 0 spiro atoms. The van der Waals surface area contributed by atoms with Crippen molar-refractivity contribution >= 4 is 10.0 Å². The summed E-state index contributed by atoms with van der Waals surface area (Å²) in [6.07, 6.45) is 2.39. The Hall–Kier alpha value is -1.00. The molecule has 2 N–H and O–H groups in total. The van der Waals surface area contributed by atoms with E-state index in [0.29, 0.717) is 12.3 Å². The highest BCUT2D eigenvalue weighted by atomic mass is 32.2. The number of rotatable bonds is 8. The number of likely N-dealkylation sites (tertiary alicyclic amines) is 2. The van der Waals surface area contributed by atoms with E-state index >= 15 is 0 Å². The molecule has 2 atom stereocenters. The first-order valence-corrected chi connectivity index (χ1v) is 10.4. The molecule has 2 fully saturated rings. The number of hydrogen-bond acceptors (Lipinski definition) is 6. The van der Waals surface area contributed by atoms with Gasteiger partial charge in [-0.2, -0.15) is 5.10 Å². The van der Waals surface area contributed by atoms with Gasteiger partial charge in [0.15, 0.2) is 0 Å². The zero-order valence-corrected chi connectivity index (χ0v) is 15.9. The van der Waals surface area contributed by atoms with E-state index in [9.17, 15) is 13.5 Å². The molecule has 2 saturated heterocycles. The number of aromatic nitrogens is 2. The van der Waals surface area contributed by atoms with Gasteiger partial charge in [-0.3, -0.25) is 10.00 Å². The molecule has 0 aromatic carbocycles. The van der Waals surface area contributed by atoms with Crippen LogP contribution in [0.5, 0.6) is 0 Å². The molecule has 9 heteroatoms. The van der Waals surface area contributed by atoms with Crippen LogP contribution in [0.1, 0.15) is 12.1 Å². The third-order valence-corrected chi connectivity index (χ3v) is 7.52. The smallest absolute Gasteiger partial charge is 0.213 e. The second-order valence-electron chi connectivity index (χ2n) is 7.66. The van der Waals surface area contributed by atoms with Crippen LogP contribution in [0.15, 0.2) is 12.3 Å². The topological polar surface area (TPSA) is 92.8 Å². The second kappa shape index (κ2) is 7.32. The molecule has 8 nitrogen and oxygen atoms in total. The van der Waals surface area contributed by atoms with Gasteiger partial charge in [-0.1, -0.05) is 0 Å². The van der Waals surface area contributed by atoms with Gasteiger partial charge in [0.05, 0.1) is 12.4 Å². The van der Waals surface area contributed by atoms with Crippen molar-refractivity contribution in [2.24, 2.45) is 11.3 Å². The van der Waals surface area contributed by atoms with Gasteiger partial charge >= 0.3 is 0 Å². The Bertz CT molecular complexity index is 663. The lowest BCUT2D eigenvalue weighted by Crippen LogP contribution is -2.37. The van der Waals surface area contributed by atoms with Crippen LogP contribution >= 0.6 is 0 Å². The zero-order valence-electron chi connectivity index (χ0n) is 15.1. The second-order valence-corrected chi connectivity index (χ2v) is 9.96. The summed E-state index contributed by atoms with van der Waals surface area (Å²) < 4.78 is 25.0. The Morgan fingerprint density at radius 3 is 2.68 bits per heavy atom. The van der Waals surface area contributed by atoms with Crippen molar-refractivity contribution < 1.29 is 13.5 Å². The molecular formula is C16H29N5O3S. The summed E-state index contributed by atoms with van der Waals surface area (Å²) in [7, 11) is 0.0205. The number of hydrogen-bond donors (Lipinski definition) is 2. The first-order chi connectivity index (χ1) is 11.8. The quantitative estimate of drug-likeness (QED) is 0.635. The van der Waals surface area contributed by atoms with Crippen molar-refractivity contribution in [1.29, 1.82) is 0 Å². The van der Waals surface area contributed by atoms with Crippen LogP contribution in [-0.4, -0.2) is 97.0 Å². The van der Waals surface area contributed by atoms with Crippen molar-refractivity contribution in [3.63, 3.8) is 0 Å². The van der Waals surface area contributed by atoms with Gasteiger partial charge < -0.3 is 10.0 Å². The summed E-state index contributed by atoms with van der Waals surface area (Å²) in [5.41, 5.74) is 1.01. The van der Waals surface area contributed by atoms with E-state index in [2.05, 4.69) is 20.0 Å². The number of aromatic amines is 1. The van der Waals surface area contributed by atoms with Crippen molar-refractivity contribution in [3.8, 4) is 0 Å². The third kappa shape index (κ3) is 4.06. The van der Waals surface area contributed by atoms with Crippen LogP contribution in [0.3, 0.4) is 0 Å². The van der Waals surface area contributed by atoms with Gasteiger partial charge in [-0.25, -0.2) is 12.7 Å². The monoisotopic (exact) mass is 371 g/mol. The summed E-state index contributed by atoms with van der Waals surface area (Å²) in [4.78, 5) is 4.70. The lowest BCUT2D eigenvalue weighted by Gasteiger charge is -2.27. The van der Waals surface area contributed by atoms with Crippen molar-refractivity contribution in [3.05, 3.63) is 18.0 Å². The molecule has 3 heterocycles. The highest BCUT2D eigenvalue weighted by molar-refractivity contribution is 7.89. The fraction of sp³-hybridized carbons (Fsp3) is 0.812. The minimum Gasteiger partial charge on any atom is -0.396 e. The maximum absolute atomic E-state index is 11.9. The summed E-state index contributed by atoms with van der Waals surface area (Å²) >= 11 is 0. The highest BCUT2D eigenvalue weighted by Crippen LogP contribution is 2.42. The predicted octanol–water partition coefficient (Wildman–Crippen LogP) is -0.583. The van der Waals surface area contributed by atoms with Gasteiger partial charge in [0.1, 0.15) is 0 Å². The molecule has 25 heavy (non-hydrogen) atoms. The van der Waals surface area contributed by atoms with Crippen molar-refractivity contribution in [1.82, 2.24) is 24.3 Å². The summed E-state index contributed by atoms with van der Waals surface area (Å²) in [5, 5.41) is 17.0. The van der Waals surface area contributed by atoms with E-state index in [-0.39, 0.29) is 17.8 Å². The lowest BCUT2D eigenvalue weighted by molar-refractivity contribution is 0.111. The fourth-order valence-corrected chi connectivity index (χ4v) is 5.04. The number of aliphatic hydroxyl groups is 1. The van der Waals surface area contributed by atoms with Gasteiger partial charge in [0.2, 0.25) is 10.0 Å². The molecule has 0 bridgehead atoms. The molecule has 0 amide bonds. The van der Waals surface area contributed by atoms with Gasteiger partial charge in [-0.15, -0.1) is 0 Å². The molecule has 2 aliphatic heterocycles. The van der Waals surface area contributed by atoms with E-state index in [1.165, 1.54) is 4.31 Å². The van der Waals surface area contributed by atoms with E-state index < -0.39 is 10.0 Å². The number of nitrogens with one attached hydrogen (secondary N) is 1. The van der Waals surface area contributed by atoms with Crippen LogP contribution in [0.2, 0.25) is 0 Å². The number of aliphatic hydroxyl groups excluding tert-OH is 1. The van der Waals surface area contributed by atoms with Crippen LogP contribution in [-0.2, 0) is 16.6 Å². The Kier molecular flexibility index (Phi) is 5.50. The van der Waals surface area contributed by atoms with Gasteiger partial charge in [0, 0.05) is 64.1 Å². The number of fused-ring (bicyclic) bond motifs is 1. The van der Waals surface area contributed by atoms with E-state index in [1.54, 1.807) is 20.3 Å². The van der Waals surface area contributed by atoms with Crippen LogP contribution in [0.4, 0.5) is 0 Å². The summed E-state index contributed by atoms with van der Waals surface area (Å²) in [6, 6.07) is 1.98. The first kappa shape index (κ1) is 18.8. The average molecular weight is 372 g/mol. The van der Waals surface area contributed by atoms with E-state index in [0.717, 1.165) is 45.0 Å². The SMILES string of the molecule is CN(C)S(=O)(=O)CCCN1CC2CN(Cc3ccn[nH]3)CC2(CO)C1. The Balaban J connectivity index is 1.51. The minimum absolute atomic E-state index is 0.0829. The predicted molar refractivity (Wildman–Crippen MR) is 95.4 cm³/mol. The number of nitrogens with zero attached hydrogens (tertiary/aromatic N) is 4. The maximum atomic E-state index is 11.9. The zero-order chi connectivity index (χ0) is 18.1. The molecule has 1 aromatic heterocycles. The van der Waals surface area contributed by atoms with E-state index in [4.69, 9.17) is 0 Å². The minimum atomic E-state index is -3.13. The normalized spacial score (nSPS) is 28.1. The van der Waals surface area contributed by atoms with Gasteiger partial charge in [-0.05, 0) is 24.9 Å². The molecule has 0 radical (unpaired) electrons. The largest absolute Gasteiger partial charge is 0.396 e. The first-order valence-electron chi connectivity index (χ1n) is 8.79. The van der Waals surface area contributed by atoms with Crippen molar-refractivity contribution in [2.75, 3.05) is 59.2 Å². The summed E-state index contributed by atoms with van der Waals surface area (Å²) in [5.74, 6) is 0.616. The fourth-order valence-electron chi connectivity index (χ4n) is 4.18. The Labute approximate surface area is 149 Å². The maximum Gasteiger partial charge on any atom is 0.213 e. The van der Waals surface area contributed by atoms with Gasteiger partial charge in [0.25, 0.3) is 0 Å².